The molecule has 19 heavy (non-hydrogen) atoms. The lowest BCUT2D eigenvalue weighted by Crippen LogP contribution is -2.45. The van der Waals surface area contributed by atoms with E-state index in [1.54, 1.807) is 0 Å². The summed E-state index contributed by atoms with van der Waals surface area (Å²) in [6.45, 7) is 1.76. The molecule has 0 aromatic carbocycles. The van der Waals surface area contributed by atoms with Crippen LogP contribution in [0.2, 0.25) is 0 Å². The van der Waals surface area contributed by atoms with Gasteiger partial charge in [0.2, 0.25) is 5.92 Å². The molecule has 1 aliphatic heterocycles. The van der Waals surface area contributed by atoms with Gasteiger partial charge in [-0.2, -0.15) is 0 Å². The predicted molar refractivity (Wildman–Crippen MR) is 64.9 cm³/mol. The van der Waals surface area contributed by atoms with Crippen molar-refractivity contribution in [3.63, 3.8) is 0 Å². The molecule has 3 atom stereocenters. The number of carbonyl (C=O) groups is 1. The number of hydrogen-bond acceptors (Lipinski definition) is 3. The van der Waals surface area contributed by atoms with E-state index in [9.17, 15) is 13.6 Å². The van der Waals surface area contributed by atoms with Gasteiger partial charge in [-0.05, 0) is 32.1 Å². The molecule has 0 aromatic heterocycles. The normalized spacial score (nSPS) is 31.8. The number of nitrogens with one attached hydrogen (secondary N) is 1. The SMILES string of the molecule is C[C@@H]1O[C@H]1C(=O)NC(CCO)C1CCC(F)(F)CC1. The molecule has 6 heteroatoms. The van der Waals surface area contributed by atoms with Gasteiger partial charge in [-0.25, -0.2) is 8.78 Å². The zero-order valence-electron chi connectivity index (χ0n) is 11.1. The van der Waals surface area contributed by atoms with Crippen molar-refractivity contribution in [2.45, 2.75) is 63.2 Å². The minimum absolute atomic E-state index is 0.0183. The van der Waals surface area contributed by atoms with Crippen molar-refractivity contribution >= 4 is 5.91 Å². The standard InChI is InChI=1S/C13H21F2NO3/c1-8-11(19-8)12(18)16-10(4-7-17)9-2-5-13(14,15)6-3-9/h8-11,17H,2-7H2,1H3,(H,16,18)/t8-,10?,11+/m0/s1. The first-order chi connectivity index (χ1) is 8.93. The maximum Gasteiger partial charge on any atom is 0.252 e. The smallest absolute Gasteiger partial charge is 0.252 e. The third-order valence-corrected chi connectivity index (χ3v) is 4.07. The second kappa shape index (κ2) is 5.71. The summed E-state index contributed by atoms with van der Waals surface area (Å²) in [6, 6.07) is -0.231. The maximum atomic E-state index is 13.1. The van der Waals surface area contributed by atoms with Crippen LogP contribution in [-0.2, 0) is 9.53 Å². The molecule has 1 saturated carbocycles. The Labute approximate surface area is 111 Å². The Morgan fingerprint density at radius 2 is 2.05 bits per heavy atom. The number of rotatable bonds is 5. The van der Waals surface area contributed by atoms with Crippen molar-refractivity contribution in [2.24, 2.45) is 5.92 Å². The third-order valence-electron chi connectivity index (χ3n) is 4.07. The van der Waals surface area contributed by atoms with E-state index in [0.29, 0.717) is 19.3 Å². The molecule has 1 amide bonds. The maximum absolute atomic E-state index is 13.1. The van der Waals surface area contributed by atoms with Gasteiger partial charge in [-0.1, -0.05) is 0 Å². The van der Waals surface area contributed by atoms with Crippen molar-refractivity contribution in [3.8, 4) is 0 Å². The second-order valence-electron chi connectivity index (χ2n) is 5.58. The van der Waals surface area contributed by atoms with Crippen LogP contribution >= 0.6 is 0 Å². The second-order valence-corrected chi connectivity index (χ2v) is 5.58. The molecule has 2 N–H and O–H groups in total. The van der Waals surface area contributed by atoms with Gasteiger partial charge in [-0.3, -0.25) is 4.79 Å². The van der Waals surface area contributed by atoms with E-state index in [1.807, 2.05) is 6.92 Å². The summed E-state index contributed by atoms with van der Waals surface area (Å²) in [5.41, 5.74) is 0. The van der Waals surface area contributed by atoms with Crippen molar-refractivity contribution < 1.29 is 23.4 Å². The Balaban J connectivity index is 1.87. The highest BCUT2D eigenvalue weighted by molar-refractivity contribution is 5.83. The summed E-state index contributed by atoms with van der Waals surface area (Å²) in [7, 11) is 0. The Hall–Kier alpha value is -0.750. The quantitative estimate of drug-likeness (QED) is 0.748. The van der Waals surface area contributed by atoms with Crippen LogP contribution in [-0.4, -0.2) is 41.8 Å². The molecule has 1 unspecified atom stereocenters. The Bertz CT molecular complexity index is 328. The van der Waals surface area contributed by atoms with Crippen LogP contribution in [0.15, 0.2) is 0 Å². The average Bonchev–Trinajstić information content (AvgIpc) is 3.06. The minimum Gasteiger partial charge on any atom is -0.396 e. The van der Waals surface area contributed by atoms with Gasteiger partial charge in [0.15, 0.2) is 6.10 Å². The number of amides is 1. The Morgan fingerprint density at radius 1 is 1.47 bits per heavy atom. The molecule has 2 fully saturated rings. The monoisotopic (exact) mass is 277 g/mol. The Kier molecular flexibility index (Phi) is 4.40. The van der Waals surface area contributed by atoms with Gasteiger partial charge in [0.05, 0.1) is 6.10 Å². The van der Waals surface area contributed by atoms with Crippen molar-refractivity contribution in [1.29, 1.82) is 0 Å². The lowest BCUT2D eigenvalue weighted by atomic mass is 9.81. The summed E-state index contributed by atoms with van der Waals surface area (Å²) in [4.78, 5) is 11.8. The number of ether oxygens (including phenoxy) is 1. The highest BCUT2D eigenvalue weighted by Crippen LogP contribution is 2.38. The van der Waals surface area contributed by atoms with E-state index < -0.39 is 12.0 Å². The van der Waals surface area contributed by atoms with Crippen molar-refractivity contribution in [2.75, 3.05) is 6.61 Å². The first-order valence-electron chi connectivity index (χ1n) is 6.87. The molecule has 4 nitrogen and oxygen atoms in total. The Morgan fingerprint density at radius 3 is 2.53 bits per heavy atom. The first kappa shape index (κ1) is 14.7. The fourth-order valence-electron chi connectivity index (χ4n) is 2.76. The molecule has 0 radical (unpaired) electrons. The molecule has 0 spiro atoms. The lowest BCUT2D eigenvalue weighted by Gasteiger charge is -2.34. The van der Waals surface area contributed by atoms with Crippen LogP contribution in [0.5, 0.6) is 0 Å². The topological polar surface area (TPSA) is 61.9 Å². The number of halogens is 2. The first-order valence-corrected chi connectivity index (χ1v) is 6.87. The van der Waals surface area contributed by atoms with Gasteiger partial charge in [0.1, 0.15) is 0 Å². The van der Waals surface area contributed by atoms with Gasteiger partial charge >= 0.3 is 0 Å². The number of alkyl halides is 2. The van der Waals surface area contributed by atoms with Gasteiger partial charge in [0.25, 0.3) is 5.91 Å². The fraction of sp³-hybridized carbons (Fsp3) is 0.923. The van der Waals surface area contributed by atoms with E-state index in [4.69, 9.17) is 9.84 Å². The minimum atomic E-state index is -2.57. The summed E-state index contributed by atoms with van der Waals surface area (Å²) in [5.74, 6) is -2.74. The molecule has 2 rings (SSSR count). The molecule has 1 saturated heterocycles. The summed E-state index contributed by atoms with van der Waals surface area (Å²) >= 11 is 0. The van der Waals surface area contributed by atoms with E-state index in [1.165, 1.54) is 0 Å². The average molecular weight is 277 g/mol. The molecule has 0 bridgehead atoms. The van der Waals surface area contributed by atoms with Gasteiger partial charge < -0.3 is 15.2 Å². The van der Waals surface area contributed by atoms with Gasteiger partial charge in [-0.15, -0.1) is 0 Å². The van der Waals surface area contributed by atoms with Crippen LogP contribution in [0.25, 0.3) is 0 Å². The molecule has 2 aliphatic rings. The van der Waals surface area contributed by atoms with E-state index in [0.717, 1.165) is 0 Å². The number of aliphatic hydroxyl groups excluding tert-OH is 1. The highest BCUT2D eigenvalue weighted by Gasteiger charge is 2.43. The molecular weight excluding hydrogens is 256 g/mol. The van der Waals surface area contributed by atoms with Crippen molar-refractivity contribution in [3.05, 3.63) is 0 Å². The zero-order chi connectivity index (χ0) is 14.0. The predicted octanol–water partition coefficient (Wildman–Crippen LogP) is 1.47. The van der Waals surface area contributed by atoms with Crippen LogP contribution < -0.4 is 5.32 Å². The zero-order valence-corrected chi connectivity index (χ0v) is 11.1. The van der Waals surface area contributed by atoms with Crippen LogP contribution in [0.3, 0.4) is 0 Å². The van der Waals surface area contributed by atoms with Crippen LogP contribution in [0.4, 0.5) is 8.78 Å². The summed E-state index contributed by atoms with van der Waals surface area (Å²) in [5, 5.41) is 11.9. The molecule has 1 aliphatic carbocycles. The van der Waals surface area contributed by atoms with Crippen LogP contribution in [0, 0.1) is 5.92 Å². The fourth-order valence-corrected chi connectivity index (χ4v) is 2.76. The number of hydrogen-bond donors (Lipinski definition) is 2. The van der Waals surface area contributed by atoms with Crippen LogP contribution in [0.1, 0.15) is 39.0 Å². The number of carbonyl (C=O) groups excluding carboxylic acids is 1. The van der Waals surface area contributed by atoms with Crippen molar-refractivity contribution in [1.82, 2.24) is 5.32 Å². The molecular formula is C13H21F2NO3. The number of aliphatic hydroxyl groups is 1. The largest absolute Gasteiger partial charge is 0.396 e. The molecule has 110 valence electrons. The third kappa shape index (κ3) is 3.86. The van der Waals surface area contributed by atoms with E-state index in [2.05, 4.69) is 5.32 Å². The van der Waals surface area contributed by atoms with E-state index >= 15 is 0 Å². The number of epoxide rings is 1. The molecule has 0 aromatic rings. The van der Waals surface area contributed by atoms with E-state index in [-0.39, 0.29) is 43.4 Å². The summed E-state index contributed by atoms with van der Waals surface area (Å²) in [6.07, 6.45) is 0.440. The highest BCUT2D eigenvalue weighted by atomic mass is 19.3. The molecule has 1 heterocycles. The summed E-state index contributed by atoms with van der Waals surface area (Å²) < 4.78 is 31.3. The lowest BCUT2D eigenvalue weighted by molar-refractivity contribution is -0.123. The van der Waals surface area contributed by atoms with Gasteiger partial charge in [0, 0.05) is 25.5 Å².